The lowest BCUT2D eigenvalue weighted by atomic mass is 10.4. The molecule has 2 rings (SSSR count). The molecular formula is C8H6N4O2. The Balaban J connectivity index is 2.10. The summed E-state index contributed by atoms with van der Waals surface area (Å²) in [5.74, 6) is -0.162. The number of nitrogens with one attached hydrogen (secondary N) is 1. The zero-order chi connectivity index (χ0) is 9.80. The maximum atomic E-state index is 11.4. The van der Waals surface area contributed by atoms with Crippen molar-refractivity contribution in [2.24, 2.45) is 0 Å². The number of hydrogen-bond acceptors (Lipinski definition) is 5. The molecule has 1 amide bonds. The van der Waals surface area contributed by atoms with Gasteiger partial charge in [-0.3, -0.25) is 10.1 Å². The van der Waals surface area contributed by atoms with Crippen LogP contribution in [0.25, 0.3) is 0 Å². The van der Waals surface area contributed by atoms with Crippen LogP contribution >= 0.6 is 0 Å². The van der Waals surface area contributed by atoms with Crippen LogP contribution in [0.5, 0.6) is 0 Å². The van der Waals surface area contributed by atoms with Crippen molar-refractivity contribution in [2.45, 2.75) is 0 Å². The predicted molar refractivity (Wildman–Crippen MR) is 46.5 cm³/mol. The predicted octanol–water partition coefficient (Wildman–Crippen LogP) is 0.717. The van der Waals surface area contributed by atoms with E-state index in [9.17, 15) is 4.79 Å². The number of rotatable bonds is 2. The first kappa shape index (κ1) is 8.36. The Morgan fingerprint density at radius 1 is 1.29 bits per heavy atom. The zero-order valence-corrected chi connectivity index (χ0v) is 7.04. The summed E-state index contributed by atoms with van der Waals surface area (Å²) in [5.41, 5.74) is 0.192. The summed E-state index contributed by atoms with van der Waals surface area (Å²) >= 11 is 0. The van der Waals surface area contributed by atoms with Crippen LogP contribution in [0.1, 0.15) is 10.5 Å². The molecule has 0 aromatic carbocycles. The number of carbonyl (C=O) groups excluding carboxylic acids is 1. The quantitative estimate of drug-likeness (QED) is 0.754. The van der Waals surface area contributed by atoms with Crippen molar-refractivity contribution < 1.29 is 9.21 Å². The van der Waals surface area contributed by atoms with Crippen LogP contribution in [0.15, 0.2) is 35.5 Å². The summed E-state index contributed by atoms with van der Waals surface area (Å²) < 4.78 is 4.66. The average Bonchev–Trinajstić information content (AvgIpc) is 2.72. The topological polar surface area (TPSA) is 80.9 Å². The van der Waals surface area contributed by atoms with Crippen molar-refractivity contribution in [3.05, 3.63) is 36.8 Å². The fraction of sp³-hybridized carbons (Fsp3) is 0. The normalized spacial score (nSPS) is 9.71. The van der Waals surface area contributed by atoms with Gasteiger partial charge < -0.3 is 4.42 Å². The molecular weight excluding hydrogens is 184 g/mol. The van der Waals surface area contributed by atoms with Gasteiger partial charge in [0.2, 0.25) is 5.95 Å². The zero-order valence-electron chi connectivity index (χ0n) is 7.04. The van der Waals surface area contributed by atoms with Crippen molar-refractivity contribution in [3.8, 4) is 0 Å². The maximum absolute atomic E-state index is 11.4. The van der Waals surface area contributed by atoms with Crippen molar-refractivity contribution in [2.75, 3.05) is 5.32 Å². The number of aromatic nitrogens is 3. The van der Waals surface area contributed by atoms with Crippen molar-refractivity contribution in [1.82, 2.24) is 15.0 Å². The SMILES string of the molecule is O=C(Nc1ncccn1)c1cocn1. The molecule has 0 unspecified atom stereocenters. The van der Waals surface area contributed by atoms with Crippen LogP contribution in [0.4, 0.5) is 5.95 Å². The van der Waals surface area contributed by atoms with Crippen LogP contribution in [0, 0.1) is 0 Å². The molecule has 6 heteroatoms. The van der Waals surface area contributed by atoms with E-state index in [1.807, 2.05) is 0 Å². The summed E-state index contributed by atoms with van der Waals surface area (Å²) in [7, 11) is 0. The van der Waals surface area contributed by atoms with Crippen LogP contribution in [-0.2, 0) is 0 Å². The summed E-state index contributed by atoms with van der Waals surface area (Å²) in [6, 6.07) is 1.66. The average molecular weight is 190 g/mol. The lowest BCUT2D eigenvalue weighted by Crippen LogP contribution is -2.14. The second-order valence-electron chi connectivity index (χ2n) is 2.40. The summed E-state index contributed by atoms with van der Waals surface area (Å²) in [6.07, 6.45) is 5.50. The van der Waals surface area contributed by atoms with Gasteiger partial charge >= 0.3 is 0 Å². The van der Waals surface area contributed by atoms with E-state index in [2.05, 4.69) is 24.7 Å². The number of hydrogen-bond donors (Lipinski definition) is 1. The highest BCUT2D eigenvalue weighted by atomic mass is 16.3. The molecule has 2 aromatic rings. The lowest BCUT2D eigenvalue weighted by molar-refractivity contribution is 0.102. The third-order valence-electron chi connectivity index (χ3n) is 1.46. The number of oxazole rings is 1. The molecule has 14 heavy (non-hydrogen) atoms. The van der Waals surface area contributed by atoms with E-state index in [4.69, 9.17) is 0 Å². The summed E-state index contributed by atoms with van der Waals surface area (Å²) in [6.45, 7) is 0. The van der Waals surface area contributed by atoms with Crippen LogP contribution in [-0.4, -0.2) is 20.9 Å². The Hall–Kier alpha value is -2.24. The summed E-state index contributed by atoms with van der Waals surface area (Å²) in [5, 5.41) is 2.46. The minimum atomic E-state index is -0.398. The number of amides is 1. The van der Waals surface area contributed by atoms with Crippen LogP contribution in [0.2, 0.25) is 0 Å². The minimum absolute atomic E-state index is 0.192. The minimum Gasteiger partial charge on any atom is -0.451 e. The number of nitrogens with zero attached hydrogens (tertiary/aromatic N) is 3. The molecule has 0 spiro atoms. The monoisotopic (exact) mass is 190 g/mol. The third-order valence-corrected chi connectivity index (χ3v) is 1.46. The highest BCUT2D eigenvalue weighted by Gasteiger charge is 2.09. The van der Waals surface area contributed by atoms with Crippen LogP contribution in [0.3, 0.4) is 0 Å². The molecule has 0 fully saturated rings. The fourth-order valence-electron chi connectivity index (χ4n) is 0.854. The van der Waals surface area contributed by atoms with Gasteiger partial charge in [0.25, 0.3) is 5.91 Å². The second kappa shape index (κ2) is 3.65. The first-order valence-corrected chi connectivity index (χ1v) is 3.83. The van der Waals surface area contributed by atoms with Gasteiger partial charge in [-0.15, -0.1) is 0 Å². The molecule has 2 aromatic heterocycles. The van der Waals surface area contributed by atoms with Gasteiger partial charge in [0, 0.05) is 12.4 Å². The van der Waals surface area contributed by atoms with Gasteiger partial charge in [-0.05, 0) is 6.07 Å². The Kier molecular flexibility index (Phi) is 2.18. The highest BCUT2D eigenvalue weighted by Crippen LogP contribution is 1.99. The summed E-state index contributed by atoms with van der Waals surface area (Å²) in [4.78, 5) is 22.7. The Bertz CT molecular complexity index is 412. The van der Waals surface area contributed by atoms with E-state index >= 15 is 0 Å². The van der Waals surface area contributed by atoms with Crippen LogP contribution < -0.4 is 5.32 Å². The van der Waals surface area contributed by atoms with Gasteiger partial charge in [0.05, 0.1) is 0 Å². The molecule has 0 saturated carbocycles. The highest BCUT2D eigenvalue weighted by molar-refractivity contribution is 6.01. The fourth-order valence-corrected chi connectivity index (χ4v) is 0.854. The Morgan fingerprint density at radius 3 is 2.71 bits per heavy atom. The molecule has 0 saturated heterocycles. The lowest BCUT2D eigenvalue weighted by Gasteiger charge is -1.98. The largest absolute Gasteiger partial charge is 0.451 e. The Morgan fingerprint density at radius 2 is 2.07 bits per heavy atom. The second-order valence-corrected chi connectivity index (χ2v) is 2.40. The van der Waals surface area contributed by atoms with Gasteiger partial charge in [0.15, 0.2) is 12.1 Å². The molecule has 0 radical (unpaired) electrons. The molecule has 1 N–H and O–H groups in total. The first-order valence-electron chi connectivity index (χ1n) is 3.83. The number of anilines is 1. The molecule has 0 aliphatic carbocycles. The molecule has 6 nitrogen and oxygen atoms in total. The first-order chi connectivity index (χ1) is 6.86. The number of carbonyl (C=O) groups is 1. The van der Waals surface area contributed by atoms with E-state index in [1.54, 1.807) is 6.07 Å². The van der Waals surface area contributed by atoms with E-state index in [0.29, 0.717) is 0 Å². The van der Waals surface area contributed by atoms with Gasteiger partial charge in [-0.2, -0.15) is 0 Å². The Labute approximate surface area is 79.0 Å². The molecule has 0 aliphatic heterocycles. The molecule has 0 bridgehead atoms. The maximum Gasteiger partial charge on any atom is 0.279 e. The van der Waals surface area contributed by atoms with Gasteiger partial charge in [-0.1, -0.05) is 0 Å². The van der Waals surface area contributed by atoms with Crippen molar-refractivity contribution in [1.29, 1.82) is 0 Å². The molecule has 0 atom stereocenters. The molecule has 0 aliphatic rings. The standard InChI is InChI=1S/C8H6N4O2/c13-7(6-4-14-5-11-6)12-8-9-2-1-3-10-8/h1-5H,(H,9,10,12,13). The van der Waals surface area contributed by atoms with Gasteiger partial charge in [0.1, 0.15) is 6.26 Å². The molecule has 2 heterocycles. The van der Waals surface area contributed by atoms with E-state index in [-0.39, 0.29) is 11.6 Å². The third kappa shape index (κ3) is 1.74. The van der Waals surface area contributed by atoms with Gasteiger partial charge in [-0.25, -0.2) is 15.0 Å². The van der Waals surface area contributed by atoms with E-state index in [1.165, 1.54) is 25.1 Å². The molecule has 70 valence electrons. The van der Waals surface area contributed by atoms with E-state index < -0.39 is 5.91 Å². The smallest absolute Gasteiger partial charge is 0.279 e. The van der Waals surface area contributed by atoms with Crippen molar-refractivity contribution in [3.63, 3.8) is 0 Å². The van der Waals surface area contributed by atoms with E-state index in [0.717, 1.165) is 0 Å². The van der Waals surface area contributed by atoms with Crippen molar-refractivity contribution >= 4 is 11.9 Å².